The fraction of sp³-hybridized carbons (Fsp3) is 0.333. The summed E-state index contributed by atoms with van der Waals surface area (Å²) in [5.41, 5.74) is 7.65. The molecule has 1 aromatic carbocycles. The van der Waals surface area contributed by atoms with Gasteiger partial charge in [-0.1, -0.05) is 6.07 Å². The smallest absolute Gasteiger partial charge is 0.252 e. The number of nitrogens with one attached hydrogen (secondary N) is 1. The number of nitrogens with two attached hydrogens (primary N) is 1. The third-order valence-corrected chi connectivity index (χ3v) is 3.69. The van der Waals surface area contributed by atoms with Crippen LogP contribution in [0.2, 0.25) is 0 Å². The van der Waals surface area contributed by atoms with Crippen LogP contribution in [-0.2, 0) is 0 Å². The van der Waals surface area contributed by atoms with Gasteiger partial charge in [0.15, 0.2) is 0 Å². The molecule has 2 aromatic rings. The molecule has 0 bridgehead atoms. The van der Waals surface area contributed by atoms with Crippen LogP contribution in [0.5, 0.6) is 0 Å². The minimum absolute atomic E-state index is 0.101. The maximum Gasteiger partial charge on any atom is 0.252 e. The summed E-state index contributed by atoms with van der Waals surface area (Å²) in [6.07, 6.45) is 0. The van der Waals surface area contributed by atoms with Crippen LogP contribution >= 0.6 is 0 Å². The summed E-state index contributed by atoms with van der Waals surface area (Å²) in [7, 11) is 0. The van der Waals surface area contributed by atoms with Crippen molar-refractivity contribution in [2.45, 2.75) is 6.92 Å². The van der Waals surface area contributed by atoms with Crippen molar-refractivity contribution < 1.29 is 0 Å². The number of aromatic amines is 1. The Morgan fingerprint density at radius 3 is 2.52 bits per heavy atom. The predicted molar refractivity (Wildman–Crippen MR) is 84.9 cm³/mol. The molecule has 1 aromatic heterocycles. The molecule has 3 N–H and O–H groups in total. The van der Waals surface area contributed by atoms with E-state index in [2.05, 4.69) is 25.8 Å². The van der Waals surface area contributed by atoms with Crippen LogP contribution in [0, 0.1) is 6.92 Å². The summed E-state index contributed by atoms with van der Waals surface area (Å²) < 4.78 is 0. The highest BCUT2D eigenvalue weighted by Gasteiger charge is 2.19. The summed E-state index contributed by atoms with van der Waals surface area (Å²) in [5, 5.41) is 0. The normalized spacial score (nSPS) is 15.3. The van der Waals surface area contributed by atoms with Gasteiger partial charge in [-0.3, -0.25) is 4.79 Å². The van der Waals surface area contributed by atoms with Gasteiger partial charge in [-0.2, -0.15) is 0 Å². The number of nitrogen functional groups attached to an aromatic ring is 1. The third kappa shape index (κ3) is 2.99. The van der Waals surface area contributed by atoms with E-state index in [0.717, 1.165) is 43.4 Å². The van der Waals surface area contributed by atoms with Gasteiger partial charge in [0.1, 0.15) is 11.6 Å². The molecule has 1 saturated heterocycles. The molecular formula is C15H19N5O. The molecule has 0 radical (unpaired) electrons. The topological polar surface area (TPSA) is 78.2 Å². The maximum atomic E-state index is 11.5. The Morgan fingerprint density at radius 2 is 1.86 bits per heavy atom. The lowest BCUT2D eigenvalue weighted by atomic mass is 10.2. The van der Waals surface area contributed by atoms with Crippen molar-refractivity contribution in [3.8, 4) is 0 Å². The monoisotopic (exact) mass is 285 g/mol. The van der Waals surface area contributed by atoms with Crippen molar-refractivity contribution in [1.29, 1.82) is 0 Å². The molecule has 2 heterocycles. The molecule has 0 amide bonds. The Labute approximate surface area is 123 Å². The molecule has 0 spiro atoms. The van der Waals surface area contributed by atoms with Gasteiger partial charge in [-0.15, -0.1) is 0 Å². The van der Waals surface area contributed by atoms with E-state index in [9.17, 15) is 4.79 Å². The van der Waals surface area contributed by atoms with E-state index >= 15 is 0 Å². The van der Waals surface area contributed by atoms with E-state index in [-0.39, 0.29) is 5.56 Å². The van der Waals surface area contributed by atoms with Gasteiger partial charge in [0, 0.05) is 43.6 Å². The minimum atomic E-state index is -0.101. The Bertz CT molecular complexity index is 688. The Kier molecular flexibility index (Phi) is 3.51. The van der Waals surface area contributed by atoms with Crippen molar-refractivity contribution in [2.75, 3.05) is 41.7 Å². The molecule has 3 rings (SSSR count). The average Bonchev–Trinajstić information content (AvgIpc) is 2.46. The molecule has 6 nitrogen and oxygen atoms in total. The van der Waals surface area contributed by atoms with Crippen LogP contribution in [0.3, 0.4) is 0 Å². The van der Waals surface area contributed by atoms with Crippen molar-refractivity contribution in [2.24, 2.45) is 0 Å². The highest BCUT2D eigenvalue weighted by molar-refractivity contribution is 5.57. The van der Waals surface area contributed by atoms with Crippen molar-refractivity contribution >= 4 is 17.2 Å². The molecule has 0 aliphatic carbocycles. The van der Waals surface area contributed by atoms with Crippen LogP contribution in [0.25, 0.3) is 0 Å². The molecule has 21 heavy (non-hydrogen) atoms. The summed E-state index contributed by atoms with van der Waals surface area (Å²) in [5.74, 6) is 1.40. The second-order valence-corrected chi connectivity index (χ2v) is 5.26. The Hall–Kier alpha value is -2.50. The zero-order valence-electron chi connectivity index (χ0n) is 12.0. The fourth-order valence-electron chi connectivity index (χ4n) is 2.64. The molecule has 1 aliphatic heterocycles. The number of benzene rings is 1. The first-order valence-electron chi connectivity index (χ1n) is 7.05. The first-order chi connectivity index (χ1) is 10.1. The van der Waals surface area contributed by atoms with Gasteiger partial charge in [-0.05, 0) is 25.1 Å². The molecule has 110 valence electrons. The summed E-state index contributed by atoms with van der Waals surface area (Å²) in [4.78, 5) is 23.0. The fourth-order valence-corrected chi connectivity index (χ4v) is 2.64. The van der Waals surface area contributed by atoms with Crippen molar-refractivity contribution in [3.05, 3.63) is 46.5 Å². The van der Waals surface area contributed by atoms with Crippen LogP contribution in [-0.4, -0.2) is 36.1 Å². The van der Waals surface area contributed by atoms with Gasteiger partial charge < -0.3 is 20.5 Å². The molecule has 0 unspecified atom stereocenters. The average molecular weight is 285 g/mol. The van der Waals surface area contributed by atoms with E-state index in [1.807, 2.05) is 18.2 Å². The highest BCUT2D eigenvalue weighted by atomic mass is 16.1. The summed E-state index contributed by atoms with van der Waals surface area (Å²) in [6, 6.07) is 9.48. The third-order valence-electron chi connectivity index (χ3n) is 3.69. The molecule has 0 saturated carbocycles. The highest BCUT2D eigenvalue weighted by Crippen LogP contribution is 2.20. The first kappa shape index (κ1) is 13.5. The van der Waals surface area contributed by atoms with Gasteiger partial charge in [0.2, 0.25) is 0 Å². The maximum absolute atomic E-state index is 11.5. The van der Waals surface area contributed by atoms with Gasteiger partial charge in [0.05, 0.1) is 0 Å². The SMILES string of the molecule is Cc1nc(N2CCN(c3cccc(N)c3)CC2)cc(=O)[nH]1. The number of piperazine rings is 1. The number of hydrogen-bond donors (Lipinski definition) is 2. The van der Waals surface area contributed by atoms with Gasteiger partial charge in [0.25, 0.3) is 5.56 Å². The first-order valence-corrected chi connectivity index (χ1v) is 7.05. The van der Waals surface area contributed by atoms with Gasteiger partial charge >= 0.3 is 0 Å². The predicted octanol–water partition coefficient (Wildman–Crippen LogP) is 0.987. The van der Waals surface area contributed by atoms with Crippen LogP contribution in [0.4, 0.5) is 17.2 Å². The van der Waals surface area contributed by atoms with Crippen molar-refractivity contribution in [3.63, 3.8) is 0 Å². The largest absolute Gasteiger partial charge is 0.399 e. The van der Waals surface area contributed by atoms with E-state index in [1.165, 1.54) is 0 Å². The number of aromatic nitrogens is 2. The molecule has 1 aliphatic rings. The summed E-state index contributed by atoms with van der Waals surface area (Å²) in [6.45, 7) is 5.25. The lowest BCUT2D eigenvalue weighted by Crippen LogP contribution is -2.47. The van der Waals surface area contributed by atoms with Crippen molar-refractivity contribution in [1.82, 2.24) is 9.97 Å². The van der Waals surface area contributed by atoms with E-state index < -0.39 is 0 Å². The molecule has 0 atom stereocenters. The number of rotatable bonds is 2. The number of hydrogen-bond acceptors (Lipinski definition) is 5. The van der Waals surface area contributed by atoms with Crippen LogP contribution in [0.1, 0.15) is 5.82 Å². The van der Waals surface area contributed by atoms with E-state index in [1.54, 1.807) is 13.0 Å². The number of H-pyrrole nitrogens is 1. The number of nitrogens with zero attached hydrogens (tertiary/aromatic N) is 3. The standard InChI is InChI=1S/C15H19N5O/c1-11-17-14(10-15(21)18-11)20-7-5-19(6-8-20)13-4-2-3-12(16)9-13/h2-4,9-10H,5-8,16H2,1H3,(H,17,18,21). The second-order valence-electron chi connectivity index (χ2n) is 5.26. The number of anilines is 3. The quantitative estimate of drug-likeness (QED) is 0.804. The lowest BCUT2D eigenvalue weighted by molar-refractivity contribution is 0.645. The second kappa shape index (κ2) is 5.47. The van der Waals surface area contributed by atoms with Crippen LogP contribution < -0.4 is 21.1 Å². The van der Waals surface area contributed by atoms with E-state index in [4.69, 9.17) is 5.73 Å². The molecule has 1 fully saturated rings. The number of aryl methyl sites for hydroxylation is 1. The Morgan fingerprint density at radius 1 is 1.14 bits per heavy atom. The zero-order chi connectivity index (χ0) is 14.8. The summed E-state index contributed by atoms with van der Waals surface area (Å²) >= 11 is 0. The van der Waals surface area contributed by atoms with Gasteiger partial charge in [-0.25, -0.2) is 4.98 Å². The van der Waals surface area contributed by atoms with Crippen LogP contribution in [0.15, 0.2) is 35.1 Å². The molecule has 6 heteroatoms. The molecular weight excluding hydrogens is 266 g/mol. The van der Waals surface area contributed by atoms with E-state index in [0.29, 0.717) is 5.82 Å². The lowest BCUT2D eigenvalue weighted by Gasteiger charge is -2.36. The minimum Gasteiger partial charge on any atom is -0.399 e. The zero-order valence-corrected chi connectivity index (χ0v) is 12.0. The Balaban J connectivity index is 1.71.